The number of ether oxygens (including phenoxy) is 1. The quantitative estimate of drug-likeness (QED) is 0.399. The summed E-state index contributed by atoms with van der Waals surface area (Å²) < 4.78 is 46.4. The second kappa shape index (κ2) is 11.6. The molecule has 0 aliphatic carbocycles. The monoisotopic (exact) mass is 556 g/mol. The molecule has 1 aliphatic heterocycles. The molecule has 4 rings (SSSR count). The van der Waals surface area contributed by atoms with E-state index in [9.17, 15) is 28.0 Å². The number of aromatic nitrogens is 3. The molecule has 0 radical (unpaired) electrons. The summed E-state index contributed by atoms with van der Waals surface area (Å²) in [6.07, 6.45) is -3.28. The number of benzene rings is 1. The average Bonchev–Trinajstić information content (AvgIpc) is 2.94. The number of nitriles is 1. The van der Waals surface area contributed by atoms with Gasteiger partial charge in [-0.3, -0.25) is 9.47 Å². The van der Waals surface area contributed by atoms with Crippen LogP contribution in [0.25, 0.3) is 11.0 Å². The van der Waals surface area contributed by atoms with Gasteiger partial charge in [0.1, 0.15) is 23.3 Å². The van der Waals surface area contributed by atoms with Crippen molar-refractivity contribution >= 4 is 22.8 Å². The third kappa shape index (κ3) is 5.51. The van der Waals surface area contributed by atoms with Crippen molar-refractivity contribution < 1.29 is 22.7 Å². The Hall–Kier alpha value is -3.98. The number of aryl methyl sites for hydroxylation is 1. The van der Waals surface area contributed by atoms with Crippen LogP contribution in [0.2, 0.25) is 0 Å². The van der Waals surface area contributed by atoms with Gasteiger partial charge < -0.3 is 9.64 Å². The van der Waals surface area contributed by atoms with E-state index in [1.807, 2.05) is 29.7 Å². The standard InChI is InChI=1S/C28H31F3N6O3/c1-5-20-16-37(25-23-22(35(4)27(39)34-25)13-12-19(14-32)33-23)21(6-2)15-36(20)24(26(38)40-7-3)17-8-10-18(11-9-17)28(29,30)31/h8-13,20-21,24H,5-7,15-16H2,1-4H3/t20-,21+,24?/m1/s1. The number of anilines is 1. The molecule has 1 saturated heterocycles. The second-order valence-electron chi connectivity index (χ2n) is 9.70. The van der Waals surface area contributed by atoms with E-state index in [1.54, 1.807) is 26.1 Å². The van der Waals surface area contributed by atoms with E-state index < -0.39 is 29.4 Å². The highest BCUT2D eigenvalue weighted by Crippen LogP contribution is 2.36. The molecular formula is C28H31F3N6O3. The molecule has 0 bridgehead atoms. The molecule has 2 aromatic heterocycles. The van der Waals surface area contributed by atoms with Crippen LogP contribution in [0.4, 0.5) is 19.0 Å². The van der Waals surface area contributed by atoms with Crippen molar-refractivity contribution in [3.63, 3.8) is 0 Å². The molecule has 212 valence electrons. The van der Waals surface area contributed by atoms with Gasteiger partial charge in [0.05, 0.1) is 17.7 Å². The zero-order valence-electron chi connectivity index (χ0n) is 22.8. The molecule has 40 heavy (non-hydrogen) atoms. The summed E-state index contributed by atoms with van der Waals surface area (Å²) in [5.41, 5.74) is 0.299. The third-order valence-corrected chi connectivity index (χ3v) is 7.40. The number of nitrogens with zero attached hydrogens (tertiary/aromatic N) is 6. The normalized spacial score (nSPS) is 18.9. The zero-order chi connectivity index (χ0) is 29.2. The first-order chi connectivity index (χ1) is 19.0. The Balaban J connectivity index is 1.78. The Bertz CT molecular complexity index is 1480. The van der Waals surface area contributed by atoms with Crippen LogP contribution in [-0.4, -0.2) is 57.2 Å². The van der Waals surface area contributed by atoms with E-state index >= 15 is 0 Å². The lowest BCUT2D eigenvalue weighted by Gasteiger charge is -2.49. The van der Waals surface area contributed by atoms with Gasteiger partial charge in [0, 0.05) is 32.2 Å². The van der Waals surface area contributed by atoms with E-state index in [-0.39, 0.29) is 24.4 Å². The molecular weight excluding hydrogens is 525 g/mol. The number of alkyl halides is 3. The van der Waals surface area contributed by atoms with Crippen LogP contribution in [0.3, 0.4) is 0 Å². The minimum atomic E-state index is -4.50. The van der Waals surface area contributed by atoms with Crippen LogP contribution in [0.5, 0.6) is 0 Å². The van der Waals surface area contributed by atoms with Gasteiger partial charge in [-0.15, -0.1) is 0 Å². The number of hydrogen-bond donors (Lipinski definition) is 0. The third-order valence-electron chi connectivity index (χ3n) is 7.40. The van der Waals surface area contributed by atoms with Gasteiger partial charge in [0.2, 0.25) is 0 Å². The van der Waals surface area contributed by atoms with Crippen molar-refractivity contribution in [1.82, 2.24) is 19.4 Å². The van der Waals surface area contributed by atoms with Gasteiger partial charge >= 0.3 is 17.8 Å². The Morgan fingerprint density at radius 3 is 2.33 bits per heavy atom. The number of fused-ring (bicyclic) bond motifs is 1. The van der Waals surface area contributed by atoms with Gasteiger partial charge in [-0.1, -0.05) is 26.0 Å². The highest BCUT2D eigenvalue weighted by atomic mass is 19.4. The molecule has 1 aromatic carbocycles. The lowest BCUT2D eigenvalue weighted by atomic mass is 9.95. The first kappa shape index (κ1) is 29.0. The molecule has 0 amide bonds. The molecule has 1 aliphatic rings. The van der Waals surface area contributed by atoms with Crippen molar-refractivity contribution in [3.05, 3.63) is 63.7 Å². The molecule has 3 atom stereocenters. The van der Waals surface area contributed by atoms with E-state index in [0.29, 0.717) is 48.3 Å². The summed E-state index contributed by atoms with van der Waals surface area (Å²) in [5.74, 6) is -0.177. The van der Waals surface area contributed by atoms with E-state index in [4.69, 9.17) is 4.74 Å². The maximum atomic E-state index is 13.3. The van der Waals surface area contributed by atoms with Crippen LogP contribution < -0.4 is 10.6 Å². The summed E-state index contributed by atoms with van der Waals surface area (Å²) in [4.78, 5) is 38.8. The number of carbonyl (C=O) groups excluding carboxylic acids is 1. The highest BCUT2D eigenvalue weighted by Gasteiger charge is 2.41. The van der Waals surface area contributed by atoms with E-state index in [0.717, 1.165) is 12.1 Å². The van der Waals surface area contributed by atoms with Crippen molar-refractivity contribution in [2.45, 2.75) is 57.9 Å². The Morgan fingerprint density at radius 2 is 1.75 bits per heavy atom. The van der Waals surface area contributed by atoms with Gasteiger partial charge in [-0.25, -0.2) is 14.6 Å². The molecule has 0 saturated carbocycles. The number of carbonyl (C=O) groups is 1. The van der Waals surface area contributed by atoms with E-state index in [2.05, 4.69) is 9.97 Å². The van der Waals surface area contributed by atoms with Gasteiger partial charge in [-0.2, -0.15) is 23.4 Å². The smallest absolute Gasteiger partial charge is 0.416 e. The molecule has 1 unspecified atom stereocenters. The lowest BCUT2D eigenvalue weighted by molar-refractivity contribution is -0.151. The zero-order valence-corrected chi connectivity index (χ0v) is 22.8. The Kier molecular flexibility index (Phi) is 8.44. The average molecular weight is 557 g/mol. The predicted molar refractivity (Wildman–Crippen MR) is 143 cm³/mol. The number of hydrogen-bond acceptors (Lipinski definition) is 8. The fourth-order valence-corrected chi connectivity index (χ4v) is 5.27. The molecule has 0 spiro atoms. The highest BCUT2D eigenvalue weighted by molar-refractivity contribution is 5.86. The maximum absolute atomic E-state index is 13.3. The maximum Gasteiger partial charge on any atom is 0.416 e. The van der Waals surface area contributed by atoms with E-state index in [1.165, 1.54) is 16.7 Å². The minimum absolute atomic E-state index is 0.125. The summed E-state index contributed by atoms with van der Waals surface area (Å²) in [6.45, 7) is 6.46. The largest absolute Gasteiger partial charge is 0.465 e. The van der Waals surface area contributed by atoms with Crippen LogP contribution in [0.1, 0.15) is 56.5 Å². The van der Waals surface area contributed by atoms with Gasteiger partial charge in [0.15, 0.2) is 5.82 Å². The minimum Gasteiger partial charge on any atom is -0.465 e. The predicted octanol–water partition coefficient (Wildman–Crippen LogP) is 4.20. The number of piperazine rings is 1. The molecule has 3 heterocycles. The molecule has 1 fully saturated rings. The van der Waals surface area contributed by atoms with Crippen LogP contribution in [0, 0.1) is 11.3 Å². The fraction of sp³-hybridized carbons (Fsp3) is 0.464. The first-order valence-corrected chi connectivity index (χ1v) is 13.2. The summed E-state index contributed by atoms with van der Waals surface area (Å²) in [6, 6.07) is 8.48. The topological polar surface area (TPSA) is 104 Å². The molecule has 9 nitrogen and oxygen atoms in total. The second-order valence-corrected chi connectivity index (χ2v) is 9.70. The first-order valence-electron chi connectivity index (χ1n) is 13.2. The summed E-state index contributed by atoms with van der Waals surface area (Å²) >= 11 is 0. The molecule has 3 aromatic rings. The van der Waals surface area contributed by atoms with Crippen molar-refractivity contribution in [2.24, 2.45) is 7.05 Å². The van der Waals surface area contributed by atoms with Gasteiger partial charge in [-0.05, 0) is 49.6 Å². The van der Waals surface area contributed by atoms with Crippen molar-refractivity contribution in [2.75, 3.05) is 24.6 Å². The van der Waals surface area contributed by atoms with Crippen LogP contribution in [-0.2, 0) is 22.8 Å². The number of pyridine rings is 1. The number of halogens is 3. The lowest BCUT2D eigenvalue weighted by Crippen LogP contribution is -2.60. The van der Waals surface area contributed by atoms with Crippen LogP contribution >= 0.6 is 0 Å². The molecule has 12 heteroatoms. The van der Waals surface area contributed by atoms with Gasteiger partial charge in [0.25, 0.3) is 0 Å². The Labute approximate surface area is 229 Å². The van der Waals surface area contributed by atoms with Crippen molar-refractivity contribution in [3.8, 4) is 6.07 Å². The van der Waals surface area contributed by atoms with Crippen LogP contribution in [0.15, 0.2) is 41.2 Å². The molecule has 0 N–H and O–H groups in total. The SMILES string of the molecule is CCOC(=O)C(c1ccc(C(F)(F)F)cc1)N1C[C@H](CC)N(c2nc(=O)n(C)c3ccc(C#N)nc23)C[C@H]1CC. The summed E-state index contributed by atoms with van der Waals surface area (Å²) in [5, 5.41) is 9.43. The number of esters is 1. The Morgan fingerprint density at radius 1 is 1.07 bits per heavy atom. The fourth-order valence-electron chi connectivity index (χ4n) is 5.27. The van der Waals surface area contributed by atoms with Crippen molar-refractivity contribution in [1.29, 1.82) is 5.26 Å². The number of rotatable bonds is 7. The summed E-state index contributed by atoms with van der Waals surface area (Å²) in [7, 11) is 1.59.